The van der Waals surface area contributed by atoms with E-state index < -0.39 is 17.3 Å². The lowest BCUT2D eigenvalue weighted by Crippen LogP contribution is -2.27. The molecule has 0 aliphatic heterocycles. The highest BCUT2D eigenvalue weighted by molar-refractivity contribution is 7.99. The maximum Gasteiger partial charge on any atom is 0.306 e. The van der Waals surface area contributed by atoms with Crippen LogP contribution >= 0.6 is 11.8 Å². The molecule has 0 bridgehead atoms. The number of halogens is 1. The van der Waals surface area contributed by atoms with Gasteiger partial charge in [0.2, 0.25) is 0 Å². The predicted octanol–water partition coefficient (Wildman–Crippen LogP) is 8.36. The number of benzene rings is 2. The number of hydrogen-bond acceptors (Lipinski definition) is 6. The Balaban J connectivity index is 1.33. The van der Waals surface area contributed by atoms with Crippen LogP contribution in [0, 0.1) is 24.1 Å². The molecule has 3 aromatic heterocycles. The maximum atomic E-state index is 14.5. The summed E-state index contributed by atoms with van der Waals surface area (Å²) < 4.78 is 16.3. The van der Waals surface area contributed by atoms with Gasteiger partial charge in [0.05, 0.1) is 11.3 Å². The second-order valence-electron chi connectivity index (χ2n) is 14.2. The number of aliphatic carboxylic acids is 1. The Kier molecular flexibility index (Phi) is 11.1. The minimum atomic E-state index is -0.821. The number of pyridine rings is 1. The van der Waals surface area contributed by atoms with Gasteiger partial charge in [-0.3, -0.25) is 14.6 Å². The SMILES string of the molecule is Cc1c(F)cc2[nH]ccc2c1CCSCC(C)(C)CCC[C@](C)(c1cccc(CC(C)C(=O)O)c1)c1nc(-c2cc(C=O)ccn2)n(C)n1. The molecular weight excluding hydrogens is 638 g/mol. The van der Waals surface area contributed by atoms with Crippen molar-refractivity contribution in [1.82, 2.24) is 24.7 Å². The van der Waals surface area contributed by atoms with Gasteiger partial charge in [-0.2, -0.15) is 16.9 Å². The molecule has 3 heterocycles. The molecule has 49 heavy (non-hydrogen) atoms. The molecule has 258 valence electrons. The van der Waals surface area contributed by atoms with E-state index >= 15 is 0 Å². The first-order chi connectivity index (χ1) is 23.3. The molecule has 2 atom stereocenters. The molecule has 5 aromatic rings. The summed E-state index contributed by atoms with van der Waals surface area (Å²) in [4.78, 5) is 35.7. The first-order valence-corrected chi connectivity index (χ1v) is 17.9. The molecule has 0 aliphatic rings. The number of aldehydes is 1. The van der Waals surface area contributed by atoms with Crippen LogP contribution in [-0.2, 0) is 30.1 Å². The van der Waals surface area contributed by atoms with Crippen LogP contribution in [-0.4, -0.2) is 53.6 Å². The van der Waals surface area contributed by atoms with Crippen LogP contribution in [0.15, 0.2) is 60.9 Å². The molecule has 1 unspecified atom stereocenters. The first-order valence-electron chi connectivity index (χ1n) is 16.8. The van der Waals surface area contributed by atoms with Crippen molar-refractivity contribution in [2.45, 2.75) is 72.1 Å². The molecule has 10 heteroatoms. The number of aromatic nitrogens is 5. The molecule has 2 N–H and O–H groups in total. The van der Waals surface area contributed by atoms with Gasteiger partial charge in [0.1, 0.15) is 17.8 Å². The van der Waals surface area contributed by atoms with Crippen LogP contribution < -0.4 is 0 Å². The van der Waals surface area contributed by atoms with Crippen LogP contribution in [0.25, 0.3) is 22.4 Å². The largest absolute Gasteiger partial charge is 0.481 e. The van der Waals surface area contributed by atoms with E-state index in [4.69, 9.17) is 10.1 Å². The monoisotopic (exact) mass is 683 g/mol. The summed E-state index contributed by atoms with van der Waals surface area (Å²) in [5, 5.41) is 15.5. The molecule has 0 amide bonds. The number of carboxylic acid groups (broad SMARTS) is 1. The quantitative estimate of drug-likeness (QED) is 0.0794. The Bertz CT molecular complexity index is 1950. The van der Waals surface area contributed by atoms with Crippen molar-refractivity contribution in [2.24, 2.45) is 18.4 Å². The van der Waals surface area contributed by atoms with Crippen LogP contribution in [0.1, 0.15) is 85.4 Å². The third-order valence-corrected chi connectivity index (χ3v) is 11.1. The molecule has 0 saturated carbocycles. The molecule has 0 spiro atoms. The number of carbonyl (C=O) groups is 2. The Morgan fingerprint density at radius 1 is 1.14 bits per heavy atom. The van der Waals surface area contributed by atoms with Crippen molar-refractivity contribution in [3.63, 3.8) is 0 Å². The van der Waals surface area contributed by atoms with Gasteiger partial charge in [0.15, 0.2) is 11.6 Å². The van der Waals surface area contributed by atoms with Crippen molar-refractivity contribution < 1.29 is 19.1 Å². The number of rotatable bonds is 16. The van der Waals surface area contributed by atoms with Gasteiger partial charge in [-0.1, -0.05) is 51.5 Å². The fraction of sp³-hybridized carbons (Fsp3) is 0.410. The lowest BCUT2D eigenvalue weighted by molar-refractivity contribution is -0.141. The topological polar surface area (TPSA) is 114 Å². The summed E-state index contributed by atoms with van der Waals surface area (Å²) in [6.07, 6.45) is 8.17. The molecule has 8 nitrogen and oxygen atoms in total. The van der Waals surface area contributed by atoms with E-state index in [1.165, 1.54) is 0 Å². The number of hydrogen-bond donors (Lipinski definition) is 2. The van der Waals surface area contributed by atoms with E-state index in [2.05, 4.69) is 42.9 Å². The zero-order valence-corrected chi connectivity index (χ0v) is 30.0. The third-order valence-electron chi connectivity index (χ3n) is 9.64. The molecule has 0 radical (unpaired) electrons. The van der Waals surface area contributed by atoms with Gasteiger partial charge in [0.25, 0.3) is 0 Å². The Morgan fingerprint density at radius 2 is 1.94 bits per heavy atom. The highest BCUT2D eigenvalue weighted by Crippen LogP contribution is 2.39. The Labute approximate surface area is 292 Å². The summed E-state index contributed by atoms with van der Waals surface area (Å²) >= 11 is 1.91. The van der Waals surface area contributed by atoms with Crippen molar-refractivity contribution in [3.05, 3.63) is 100 Å². The fourth-order valence-electron chi connectivity index (χ4n) is 6.53. The molecule has 0 saturated heterocycles. The number of H-pyrrole nitrogens is 1. The van der Waals surface area contributed by atoms with E-state index in [1.54, 1.807) is 36.0 Å². The van der Waals surface area contributed by atoms with Crippen LogP contribution in [0.4, 0.5) is 4.39 Å². The highest BCUT2D eigenvalue weighted by Gasteiger charge is 2.35. The summed E-state index contributed by atoms with van der Waals surface area (Å²) in [6.45, 7) is 10.3. The summed E-state index contributed by atoms with van der Waals surface area (Å²) in [5.41, 5.74) is 5.21. The summed E-state index contributed by atoms with van der Waals surface area (Å²) in [7, 11) is 1.83. The Morgan fingerprint density at radius 3 is 2.69 bits per heavy atom. The van der Waals surface area contributed by atoms with E-state index in [0.717, 1.165) is 76.6 Å². The normalized spacial score (nSPS) is 13.8. The van der Waals surface area contributed by atoms with Gasteiger partial charge in [-0.15, -0.1) is 0 Å². The highest BCUT2D eigenvalue weighted by atomic mass is 32.2. The zero-order chi connectivity index (χ0) is 35.3. The maximum absolute atomic E-state index is 14.5. The van der Waals surface area contributed by atoms with Crippen molar-refractivity contribution in [3.8, 4) is 11.5 Å². The van der Waals surface area contributed by atoms with Gasteiger partial charge >= 0.3 is 5.97 Å². The van der Waals surface area contributed by atoms with Crippen molar-refractivity contribution in [1.29, 1.82) is 0 Å². The van der Waals surface area contributed by atoms with E-state index in [9.17, 15) is 19.1 Å². The van der Waals surface area contributed by atoms with Gasteiger partial charge in [-0.25, -0.2) is 14.1 Å². The van der Waals surface area contributed by atoms with Gasteiger partial charge in [0, 0.05) is 35.9 Å². The van der Waals surface area contributed by atoms with E-state index in [1.807, 2.05) is 50.1 Å². The molecule has 0 fully saturated rings. The standard InChI is InChI=1S/C39H46FN5O3S/c1-25(36(47)48)19-27-9-7-10-29(20-27)39(5,37-43-35(45(6)44-37)34-21-28(23-46)11-16-42-34)15-8-14-38(3,4)24-49-18-13-30-26(2)32(40)22-33-31(30)12-17-41-33/h7,9-12,16-17,20-23,25,41H,8,13-15,18-19,24H2,1-6H3,(H,47,48)/t25?,39-/m1/s1. The number of carbonyl (C=O) groups excluding carboxylic acids is 1. The smallest absolute Gasteiger partial charge is 0.306 e. The number of nitrogens with zero attached hydrogens (tertiary/aromatic N) is 4. The summed E-state index contributed by atoms with van der Waals surface area (Å²) in [6, 6.07) is 15.1. The lowest BCUT2D eigenvalue weighted by atomic mass is 9.75. The first kappa shape index (κ1) is 36.0. The van der Waals surface area contributed by atoms with Gasteiger partial charge < -0.3 is 10.1 Å². The number of thioether (sulfide) groups is 1. The third kappa shape index (κ3) is 8.29. The second kappa shape index (κ2) is 15.1. The average molecular weight is 684 g/mol. The van der Waals surface area contributed by atoms with Crippen LogP contribution in [0.2, 0.25) is 0 Å². The fourth-order valence-corrected chi connectivity index (χ4v) is 7.72. The van der Waals surface area contributed by atoms with Crippen LogP contribution in [0.5, 0.6) is 0 Å². The predicted molar refractivity (Wildman–Crippen MR) is 195 cm³/mol. The minimum absolute atomic E-state index is 0.0621. The van der Waals surface area contributed by atoms with Crippen molar-refractivity contribution >= 4 is 34.9 Å². The number of aromatic amines is 1. The number of carboxylic acids is 1. The van der Waals surface area contributed by atoms with Crippen LogP contribution in [0.3, 0.4) is 0 Å². The second-order valence-corrected chi connectivity index (χ2v) is 15.3. The van der Waals surface area contributed by atoms with E-state index in [-0.39, 0.29) is 11.2 Å². The zero-order valence-electron chi connectivity index (χ0n) is 29.2. The van der Waals surface area contributed by atoms with Crippen molar-refractivity contribution in [2.75, 3.05) is 11.5 Å². The minimum Gasteiger partial charge on any atom is -0.481 e. The molecular formula is C39H46FN5O3S. The van der Waals surface area contributed by atoms with Gasteiger partial charge in [-0.05, 0) is 103 Å². The number of aryl methyl sites for hydroxylation is 2. The molecule has 0 aliphatic carbocycles. The molecule has 5 rings (SSSR count). The lowest BCUT2D eigenvalue weighted by Gasteiger charge is -2.31. The summed E-state index contributed by atoms with van der Waals surface area (Å²) in [5.74, 6) is 1.62. The Hall–Kier alpha value is -4.31. The number of nitrogens with one attached hydrogen (secondary N) is 1. The average Bonchev–Trinajstić information content (AvgIpc) is 3.71. The molecule has 2 aromatic carbocycles. The number of fused-ring (bicyclic) bond motifs is 1. The van der Waals surface area contributed by atoms with E-state index in [0.29, 0.717) is 29.3 Å².